The van der Waals surface area contributed by atoms with E-state index in [2.05, 4.69) is 20.6 Å². The van der Waals surface area contributed by atoms with Crippen LogP contribution in [-0.4, -0.2) is 22.1 Å². The Labute approximate surface area is 80.9 Å². The number of H-pyrrole nitrogens is 1. The normalized spacial score (nSPS) is 24.7. The fourth-order valence-corrected chi connectivity index (χ4v) is 1.42. The zero-order valence-electron chi connectivity index (χ0n) is 8.09. The van der Waals surface area contributed by atoms with Gasteiger partial charge in [0, 0.05) is 12.1 Å². The Morgan fingerprint density at radius 3 is 2.64 bits per heavy atom. The van der Waals surface area contributed by atoms with E-state index in [0.717, 1.165) is 0 Å². The number of rotatable bonds is 0. The molecule has 6 heteroatoms. The van der Waals surface area contributed by atoms with Crippen LogP contribution in [0.3, 0.4) is 0 Å². The molecule has 1 aromatic heterocycles. The van der Waals surface area contributed by atoms with E-state index in [9.17, 15) is 4.79 Å². The van der Waals surface area contributed by atoms with Gasteiger partial charge in [0.1, 0.15) is 5.69 Å². The number of hydrogen-bond acceptors (Lipinski definition) is 5. The van der Waals surface area contributed by atoms with Gasteiger partial charge >= 0.3 is 0 Å². The molecule has 1 aromatic rings. The van der Waals surface area contributed by atoms with E-state index in [1.807, 2.05) is 13.8 Å². The molecule has 1 aliphatic heterocycles. The number of nitrogen functional groups attached to an aromatic ring is 1. The zero-order chi connectivity index (χ0) is 10.3. The highest BCUT2D eigenvalue weighted by Gasteiger charge is 2.23. The van der Waals surface area contributed by atoms with Crippen molar-refractivity contribution < 1.29 is 0 Å². The van der Waals surface area contributed by atoms with Gasteiger partial charge in [0.25, 0.3) is 5.56 Å². The molecule has 0 bridgehead atoms. The van der Waals surface area contributed by atoms with Gasteiger partial charge in [-0.1, -0.05) is 0 Å². The summed E-state index contributed by atoms with van der Waals surface area (Å²) in [6.07, 6.45) is 0. The Bertz CT molecular complexity index is 413. The average Bonchev–Trinajstić information content (AvgIpc) is 2.08. The summed E-state index contributed by atoms with van der Waals surface area (Å²) in [6.45, 7) is 4.01. The van der Waals surface area contributed by atoms with Crippen molar-refractivity contribution in [2.45, 2.75) is 25.9 Å². The highest BCUT2D eigenvalue weighted by molar-refractivity contribution is 5.67. The monoisotopic (exact) mass is 195 g/mol. The lowest BCUT2D eigenvalue weighted by Crippen LogP contribution is -2.41. The quantitative estimate of drug-likeness (QED) is 0.466. The number of nitrogens with one attached hydrogen (secondary N) is 3. The number of fused-ring (bicyclic) bond motifs is 1. The first-order chi connectivity index (χ1) is 6.58. The smallest absolute Gasteiger partial charge is 0.277 e. The Kier molecular flexibility index (Phi) is 1.83. The number of anilines is 3. The maximum absolute atomic E-state index is 11.5. The summed E-state index contributed by atoms with van der Waals surface area (Å²) in [4.78, 5) is 17.9. The van der Waals surface area contributed by atoms with Crippen LogP contribution in [0, 0.1) is 0 Å². The molecule has 2 atom stereocenters. The second-order valence-electron chi connectivity index (χ2n) is 3.54. The van der Waals surface area contributed by atoms with Gasteiger partial charge in [0.2, 0.25) is 5.95 Å². The van der Waals surface area contributed by atoms with Crippen LogP contribution in [0.5, 0.6) is 0 Å². The van der Waals surface area contributed by atoms with Crippen LogP contribution in [-0.2, 0) is 0 Å². The van der Waals surface area contributed by atoms with Gasteiger partial charge in [-0.05, 0) is 13.8 Å². The van der Waals surface area contributed by atoms with Crippen LogP contribution >= 0.6 is 0 Å². The minimum Gasteiger partial charge on any atom is -0.373 e. The minimum atomic E-state index is -0.237. The van der Waals surface area contributed by atoms with Crippen molar-refractivity contribution in [3.8, 4) is 0 Å². The van der Waals surface area contributed by atoms with E-state index in [1.54, 1.807) is 0 Å². The van der Waals surface area contributed by atoms with E-state index >= 15 is 0 Å². The van der Waals surface area contributed by atoms with E-state index in [4.69, 9.17) is 5.73 Å². The molecule has 0 unspecified atom stereocenters. The fraction of sp³-hybridized carbons (Fsp3) is 0.500. The summed E-state index contributed by atoms with van der Waals surface area (Å²) >= 11 is 0. The maximum atomic E-state index is 11.5. The van der Waals surface area contributed by atoms with Crippen LogP contribution in [0.2, 0.25) is 0 Å². The molecule has 0 aliphatic carbocycles. The Morgan fingerprint density at radius 2 is 1.93 bits per heavy atom. The van der Waals surface area contributed by atoms with Crippen molar-refractivity contribution in [2.75, 3.05) is 16.4 Å². The number of aromatic nitrogens is 2. The highest BCUT2D eigenvalue weighted by Crippen LogP contribution is 2.22. The number of nitrogens with zero attached hydrogens (tertiary/aromatic N) is 1. The molecule has 2 heterocycles. The molecular formula is C8H13N5O. The van der Waals surface area contributed by atoms with E-state index in [1.165, 1.54) is 0 Å². The van der Waals surface area contributed by atoms with Crippen LogP contribution in [0.1, 0.15) is 13.8 Å². The van der Waals surface area contributed by atoms with Crippen LogP contribution in [0.15, 0.2) is 4.79 Å². The Balaban J connectivity index is 2.52. The lowest BCUT2D eigenvalue weighted by atomic mass is 10.1. The van der Waals surface area contributed by atoms with Gasteiger partial charge in [-0.25, -0.2) is 0 Å². The molecule has 0 saturated heterocycles. The van der Waals surface area contributed by atoms with Crippen LogP contribution in [0.4, 0.5) is 17.5 Å². The lowest BCUT2D eigenvalue weighted by molar-refractivity contribution is 0.656. The summed E-state index contributed by atoms with van der Waals surface area (Å²) < 4.78 is 0. The molecule has 0 saturated carbocycles. The van der Waals surface area contributed by atoms with Crippen molar-refractivity contribution in [3.63, 3.8) is 0 Å². The lowest BCUT2D eigenvalue weighted by Gasteiger charge is -2.30. The second-order valence-corrected chi connectivity index (χ2v) is 3.54. The van der Waals surface area contributed by atoms with Crippen molar-refractivity contribution >= 4 is 17.5 Å². The number of nitrogens with two attached hydrogens (primary N) is 1. The van der Waals surface area contributed by atoms with E-state index < -0.39 is 0 Å². The minimum absolute atomic E-state index is 0.129. The SMILES string of the molecule is C[C@@H]1Nc2nc(N)[nH]c(=O)c2N[C@@H]1C. The van der Waals surface area contributed by atoms with E-state index in [0.29, 0.717) is 11.5 Å². The Hall–Kier alpha value is -1.72. The van der Waals surface area contributed by atoms with Crippen LogP contribution in [0.25, 0.3) is 0 Å². The van der Waals surface area contributed by atoms with Gasteiger partial charge in [0.05, 0.1) is 0 Å². The first-order valence-corrected chi connectivity index (χ1v) is 4.51. The van der Waals surface area contributed by atoms with Gasteiger partial charge in [-0.2, -0.15) is 4.98 Å². The summed E-state index contributed by atoms with van der Waals surface area (Å²) in [5.74, 6) is 0.654. The van der Waals surface area contributed by atoms with Gasteiger partial charge < -0.3 is 16.4 Å². The molecule has 0 spiro atoms. The molecule has 6 nitrogen and oxygen atoms in total. The van der Waals surface area contributed by atoms with Crippen LogP contribution < -0.4 is 21.9 Å². The summed E-state index contributed by atoms with van der Waals surface area (Å²) in [5, 5.41) is 6.20. The topological polar surface area (TPSA) is 95.8 Å². The fourth-order valence-electron chi connectivity index (χ4n) is 1.42. The molecule has 2 rings (SSSR count). The van der Waals surface area contributed by atoms with Gasteiger partial charge in [-0.3, -0.25) is 9.78 Å². The van der Waals surface area contributed by atoms with Gasteiger partial charge in [0.15, 0.2) is 5.82 Å². The van der Waals surface area contributed by atoms with Crippen molar-refractivity contribution in [1.29, 1.82) is 0 Å². The third-order valence-electron chi connectivity index (χ3n) is 2.42. The predicted octanol–water partition coefficient (Wildman–Crippen LogP) is -0.0335. The predicted molar refractivity (Wildman–Crippen MR) is 55.4 cm³/mol. The molecule has 0 amide bonds. The molecule has 14 heavy (non-hydrogen) atoms. The zero-order valence-corrected chi connectivity index (χ0v) is 8.09. The largest absolute Gasteiger partial charge is 0.373 e. The number of aromatic amines is 1. The molecular weight excluding hydrogens is 182 g/mol. The molecule has 5 N–H and O–H groups in total. The van der Waals surface area contributed by atoms with Crippen molar-refractivity contribution in [2.24, 2.45) is 0 Å². The molecule has 0 aromatic carbocycles. The number of hydrogen-bond donors (Lipinski definition) is 4. The molecule has 0 radical (unpaired) electrons. The molecule has 1 aliphatic rings. The Morgan fingerprint density at radius 1 is 1.29 bits per heavy atom. The average molecular weight is 195 g/mol. The summed E-state index contributed by atoms with van der Waals surface area (Å²) in [6, 6.07) is 0.408. The standard InChI is InChI=1S/C8H13N5O/c1-3-4(2)11-6-5(10-3)7(14)13-8(9)12-6/h3-4,10H,1-2H3,(H4,9,11,12,13,14)/t3-,4+/m1/s1. The summed E-state index contributed by atoms with van der Waals surface area (Å²) in [7, 11) is 0. The second kappa shape index (κ2) is 2.90. The highest BCUT2D eigenvalue weighted by atomic mass is 16.1. The van der Waals surface area contributed by atoms with Crippen molar-refractivity contribution in [3.05, 3.63) is 10.4 Å². The first-order valence-electron chi connectivity index (χ1n) is 4.51. The summed E-state index contributed by atoms with van der Waals surface area (Å²) in [5.41, 5.74) is 5.65. The van der Waals surface area contributed by atoms with E-state index in [-0.39, 0.29) is 23.6 Å². The third kappa shape index (κ3) is 1.28. The third-order valence-corrected chi connectivity index (χ3v) is 2.42. The first kappa shape index (κ1) is 8.86. The maximum Gasteiger partial charge on any atom is 0.277 e. The molecule has 0 fully saturated rings. The molecule has 76 valence electrons. The van der Waals surface area contributed by atoms with Gasteiger partial charge in [-0.15, -0.1) is 0 Å². The van der Waals surface area contributed by atoms with Crippen molar-refractivity contribution in [1.82, 2.24) is 9.97 Å².